The summed E-state index contributed by atoms with van der Waals surface area (Å²) in [6.07, 6.45) is 0.234. The quantitative estimate of drug-likeness (QED) is 0.859. The molecule has 0 aliphatic heterocycles. The third kappa shape index (κ3) is 5.33. The smallest absolute Gasteiger partial charge is 0.221 e. The van der Waals surface area contributed by atoms with Crippen LogP contribution < -0.4 is 15.8 Å². The second-order valence-corrected chi connectivity index (χ2v) is 3.92. The van der Waals surface area contributed by atoms with Gasteiger partial charge in [0.1, 0.15) is 11.6 Å². The van der Waals surface area contributed by atoms with Crippen molar-refractivity contribution in [2.75, 3.05) is 7.11 Å². The average molecular weight is 277 g/mol. The van der Waals surface area contributed by atoms with Crippen LogP contribution in [0.15, 0.2) is 18.2 Å². The van der Waals surface area contributed by atoms with E-state index in [0.717, 1.165) is 0 Å². The molecular formula is C12H18ClFN2O2. The van der Waals surface area contributed by atoms with Crippen LogP contribution in [0, 0.1) is 5.82 Å². The number of methoxy groups -OCH3 is 1. The standard InChI is InChI=1S/C12H17FN2O2.ClH/c1-8(14)5-12(16)15-7-9-3-4-10(17-2)6-11(9)13;/h3-4,6,8H,5,7,14H2,1-2H3,(H,15,16);1H. The van der Waals surface area contributed by atoms with Crippen molar-refractivity contribution in [2.24, 2.45) is 5.73 Å². The van der Waals surface area contributed by atoms with E-state index < -0.39 is 5.82 Å². The van der Waals surface area contributed by atoms with Crippen LogP contribution in [0.1, 0.15) is 18.9 Å². The SMILES string of the molecule is COc1ccc(CNC(=O)CC(C)N)c(F)c1.Cl. The Balaban J connectivity index is 0.00000289. The van der Waals surface area contributed by atoms with E-state index in [4.69, 9.17) is 10.5 Å². The van der Waals surface area contributed by atoms with Gasteiger partial charge in [-0.05, 0) is 13.0 Å². The van der Waals surface area contributed by atoms with Gasteiger partial charge in [-0.15, -0.1) is 12.4 Å². The van der Waals surface area contributed by atoms with Crippen molar-refractivity contribution in [3.63, 3.8) is 0 Å². The lowest BCUT2D eigenvalue weighted by Crippen LogP contribution is -2.29. The monoisotopic (exact) mass is 276 g/mol. The van der Waals surface area contributed by atoms with Crippen LogP contribution in [-0.2, 0) is 11.3 Å². The summed E-state index contributed by atoms with van der Waals surface area (Å²) in [5, 5.41) is 2.61. The fourth-order valence-corrected chi connectivity index (χ4v) is 1.36. The molecule has 0 aliphatic carbocycles. The highest BCUT2D eigenvalue weighted by Gasteiger charge is 2.07. The van der Waals surface area contributed by atoms with Crippen molar-refractivity contribution >= 4 is 18.3 Å². The largest absolute Gasteiger partial charge is 0.497 e. The van der Waals surface area contributed by atoms with Gasteiger partial charge in [-0.3, -0.25) is 4.79 Å². The number of carbonyl (C=O) groups is 1. The summed E-state index contributed by atoms with van der Waals surface area (Å²) in [6, 6.07) is 4.32. The van der Waals surface area contributed by atoms with Crippen LogP contribution in [0.2, 0.25) is 0 Å². The zero-order valence-corrected chi connectivity index (χ0v) is 11.2. The van der Waals surface area contributed by atoms with Crippen molar-refractivity contribution in [1.82, 2.24) is 5.32 Å². The van der Waals surface area contributed by atoms with Gasteiger partial charge in [-0.2, -0.15) is 0 Å². The molecule has 18 heavy (non-hydrogen) atoms. The molecule has 0 fully saturated rings. The van der Waals surface area contributed by atoms with Gasteiger partial charge in [-0.1, -0.05) is 6.07 Å². The molecule has 1 amide bonds. The Morgan fingerprint density at radius 3 is 2.72 bits per heavy atom. The Morgan fingerprint density at radius 2 is 2.22 bits per heavy atom. The molecule has 1 unspecified atom stereocenters. The summed E-state index contributed by atoms with van der Waals surface area (Å²) in [6.45, 7) is 1.90. The molecule has 0 spiro atoms. The maximum absolute atomic E-state index is 13.5. The Hall–Kier alpha value is -1.33. The predicted octanol–water partition coefficient (Wildman–Crippen LogP) is 1.61. The molecule has 3 N–H and O–H groups in total. The number of hydrogen-bond acceptors (Lipinski definition) is 3. The van der Waals surface area contributed by atoms with Crippen molar-refractivity contribution < 1.29 is 13.9 Å². The number of rotatable bonds is 5. The summed E-state index contributed by atoms with van der Waals surface area (Å²) in [5.41, 5.74) is 5.90. The summed E-state index contributed by atoms with van der Waals surface area (Å²) in [7, 11) is 1.47. The Kier molecular flexibility index (Phi) is 7.31. The third-order valence-electron chi connectivity index (χ3n) is 2.24. The number of benzene rings is 1. The average Bonchev–Trinajstić information content (AvgIpc) is 2.26. The number of nitrogens with one attached hydrogen (secondary N) is 1. The minimum atomic E-state index is -0.398. The molecule has 0 saturated carbocycles. The lowest BCUT2D eigenvalue weighted by atomic mass is 10.2. The molecule has 102 valence electrons. The Morgan fingerprint density at radius 1 is 1.56 bits per heavy atom. The molecule has 1 aromatic carbocycles. The summed E-state index contributed by atoms with van der Waals surface area (Å²) in [5.74, 6) is -0.131. The number of ether oxygens (including phenoxy) is 1. The normalized spacial score (nSPS) is 11.3. The van der Waals surface area contributed by atoms with Crippen molar-refractivity contribution in [3.05, 3.63) is 29.6 Å². The van der Waals surface area contributed by atoms with Crippen molar-refractivity contribution in [3.8, 4) is 5.75 Å². The fourth-order valence-electron chi connectivity index (χ4n) is 1.36. The Labute approximate surface area is 112 Å². The maximum atomic E-state index is 13.5. The maximum Gasteiger partial charge on any atom is 0.221 e. The van der Waals surface area contributed by atoms with Gasteiger partial charge < -0.3 is 15.8 Å². The van der Waals surface area contributed by atoms with Gasteiger partial charge in [0.25, 0.3) is 0 Å². The first kappa shape index (κ1) is 16.7. The lowest BCUT2D eigenvalue weighted by Gasteiger charge is -2.09. The van der Waals surface area contributed by atoms with Crippen molar-refractivity contribution in [1.29, 1.82) is 0 Å². The fraction of sp³-hybridized carbons (Fsp3) is 0.417. The van der Waals surface area contributed by atoms with Crippen LogP contribution in [-0.4, -0.2) is 19.1 Å². The van der Waals surface area contributed by atoms with Crippen LogP contribution in [0.5, 0.6) is 5.75 Å². The van der Waals surface area contributed by atoms with E-state index in [2.05, 4.69) is 5.32 Å². The lowest BCUT2D eigenvalue weighted by molar-refractivity contribution is -0.121. The van der Waals surface area contributed by atoms with Gasteiger partial charge in [0.15, 0.2) is 0 Å². The van der Waals surface area contributed by atoms with E-state index in [9.17, 15) is 9.18 Å². The number of halogens is 2. The molecule has 0 bridgehead atoms. The molecule has 1 aromatic rings. The molecule has 6 heteroatoms. The minimum absolute atomic E-state index is 0. The van der Waals surface area contributed by atoms with E-state index in [1.807, 2.05) is 0 Å². The minimum Gasteiger partial charge on any atom is -0.497 e. The van der Waals surface area contributed by atoms with Crippen LogP contribution in [0.3, 0.4) is 0 Å². The summed E-state index contributed by atoms with van der Waals surface area (Å²) >= 11 is 0. The number of carbonyl (C=O) groups excluding carboxylic acids is 1. The van der Waals surface area contributed by atoms with Gasteiger partial charge in [0.2, 0.25) is 5.91 Å². The second kappa shape index (κ2) is 7.89. The third-order valence-corrected chi connectivity index (χ3v) is 2.24. The van der Waals surface area contributed by atoms with Crippen LogP contribution >= 0.6 is 12.4 Å². The molecule has 4 nitrogen and oxygen atoms in total. The summed E-state index contributed by atoms with van der Waals surface area (Å²) in [4.78, 5) is 11.3. The van der Waals surface area contributed by atoms with E-state index in [0.29, 0.717) is 11.3 Å². The molecule has 0 radical (unpaired) electrons. The van der Waals surface area contributed by atoms with E-state index in [-0.39, 0.29) is 37.3 Å². The molecule has 1 rings (SSSR count). The van der Waals surface area contributed by atoms with Crippen LogP contribution in [0.25, 0.3) is 0 Å². The zero-order chi connectivity index (χ0) is 12.8. The first-order valence-corrected chi connectivity index (χ1v) is 5.37. The predicted molar refractivity (Wildman–Crippen MR) is 70.3 cm³/mol. The Bertz CT molecular complexity index is 400. The molecule has 0 saturated heterocycles. The highest BCUT2D eigenvalue weighted by molar-refractivity contribution is 5.85. The molecule has 0 aromatic heterocycles. The highest BCUT2D eigenvalue weighted by Crippen LogP contribution is 2.15. The van der Waals surface area contributed by atoms with Crippen molar-refractivity contribution in [2.45, 2.75) is 25.9 Å². The number of nitrogens with two attached hydrogens (primary N) is 1. The first-order valence-electron chi connectivity index (χ1n) is 5.37. The van der Waals surface area contributed by atoms with Gasteiger partial charge in [-0.25, -0.2) is 4.39 Å². The van der Waals surface area contributed by atoms with Gasteiger partial charge >= 0.3 is 0 Å². The highest BCUT2D eigenvalue weighted by atomic mass is 35.5. The van der Waals surface area contributed by atoms with E-state index in [1.165, 1.54) is 13.2 Å². The van der Waals surface area contributed by atoms with Gasteiger partial charge in [0, 0.05) is 30.6 Å². The zero-order valence-electron chi connectivity index (χ0n) is 10.4. The summed E-state index contributed by atoms with van der Waals surface area (Å²) < 4.78 is 18.4. The van der Waals surface area contributed by atoms with Crippen LogP contribution in [0.4, 0.5) is 4.39 Å². The molecular weight excluding hydrogens is 259 g/mol. The second-order valence-electron chi connectivity index (χ2n) is 3.92. The first-order chi connectivity index (χ1) is 8.02. The number of hydrogen-bond donors (Lipinski definition) is 2. The molecule has 1 atom stereocenters. The van der Waals surface area contributed by atoms with E-state index in [1.54, 1.807) is 19.1 Å². The molecule has 0 aliphatic rings. The van der Waals surface area contributed by atoms with Gasteiger partial charge in [0.05, 0.1) is 7.11 Å². The molecule has 0 heterocycles. The van der Waals surface area contributed by atoms with E-state index >= 15 is 0 Å². The topological polar surface area (TPSA) is 64.3 Å². The number of amides is 1.